The minimum Gasteiger partial charge on any atom is -0.377 e. The molecule has 0 aliphatic carbocycles. The lowest BCUT2D eigenvalue weighted by Gasteiger charge is -2.08. The molecule has 1 N–H and O–H groups in total. The number of ether oxygens (including phenoxy) is 1. The molecule has 0 aliphatic heterocycles. The van der Waals surface area contributed by atoms with E-state index in [9.17, 15) is 0 Å². The molecular formula is C14H15Cl2N3O. The van der Waals surface area contributed by atoms with Crippen molar-refractivity contribution in [2.24, 2.45) is 0 Å². The van der Waals surface area contributed by atoms with E-state index in [4.69, 9.17) is 27.9 Å². The van der Waals surface area contributed by atoms with E-state index in [2.05, 4.69) is 15.3 Å². The van der Waals surface area contributed by atoms with E-state index in [1.807, 2.05) is 24.3 Å². The van der Waals surface area contributed by atoms with Crippen molar-refractivity contribution in [2.75, 3.05) is 19.0 Å². The van der Waals surface area contributed by atoms with Crippen LogP contribution in [0.1, 0.15) is 11.4 Å². The summed E-state index contributed by atoms with van der Waals surface area (Å²) in [4.78, 5) is 8.39. The van der Waals surface area contributed by atoms with Crippen molar-refractivity contribution in [1.29, 1.82) is 0 Å². The summed E-state index contributed by atoms with van der Waals surface area (Å²) in [5, 5.41) is 4.37. The molecule has 1 aromatic carbocycles. The molecule has 0 amide bonds. The third-order valence-corrected chi connectivity index (χ3v) is 3.09. The molecule has 0 spiro atoms. The Morgan fingerprint density at radius 1 is 1.15 bits per heavy atom. The highest BCUT2D eigenvalue weighted by molar-refractivity contribution is 6.30. The number of nitrogens with one attached hydrogen (secondary N) is 1. The van der Waals surface area contributed by atoms with E-state index in [0.717, 1.165) is 18.0 Å². The monoisotopic (exact) mass is 311 g/mol. The highest BCUT2D eigenvalue weighted by Gasteiger charge is 2.03. The molecule has 6 heteroatoms. The van der Waals surface area contributed by atoms with Crippen LogP contribution in [-0.2, 0) is 17.8 Å². The van der Waals surface area contributed by atoms with E-state index in [-0.39, 0.29) is 0 Å². The van der Waals surface area contributed by atoms with Crippen LogP contribution in [0.25, 0.3) is 0 Å². The Labute approximate surface area is 128 Å². The molecule has 0 fully saturated rings. The standard InChI is InChI=1S/C14H15Cl2N3O/c1-20-9-14-18-12(16)8-13(19-14)17-7-6-10-2-4-11(15)5-3-10/h2-5,8H,6-7,9H2,1H3,(H,17,18,19). The zero-order chi connectivity index (χ0) is 14.4. The van der Waals surface area contributed by atoms with Crippen molar-refractivity contribution in [3.63, 3.8) is 0 Å². The zero-order valence-corrected chi connectivity index (χ0v) is 12.6. The molecule has 2 aromatic rings. The maximum Gasteiger partial charge on any atom is 0.158 e. The summed E-state index contributed by atoms with van der Waals surface area (Å²) < 4.78 is 5.00. The second-order valence-corrected chi connectivity index (χ2v) is 5.05. The van der Waals surface area contributed by atoms with Gasteiger partial charge in [-0.3, -0.25) is 0 Å². The molecular weight excluding hydrogens is 297 g/mol. The summed E-state index contributed by atoms with van der Waals surface area (Å²) in [7, 11) is 1.60. The number of hydrogen-bond donors (Lipinski definition) is 1. The predicted molar refractivity (Wildman–Crippen MR) is 81.4 cm³/mol. The fourth-order valence-corrected chi connectivity index (χ4v) is 2.06. The predicted octanol–water partition coefficient (Wildman–Crippen LogP) is 3.58. The van der Waals surface area contributed by atoms with Gasteiger partial charge in [0, 0.05) is 24.7 Å². The van der Waals surface area contributed by atoms with Gasteiger partial charge in [-0.2, -0.15) is 0 Å². The summed E-state index contributed by atoms with van der Waals surface area (Å²) in [6.45, 7) is 1.09. The molecule has 0 atom stereocenters. The van der Waals surface area contributed by atoms with Gasteiger partial charge in [0.25, 0.3) is 0 Å². The number of hydrogen-bond acceptors (Lipinski definition) is 4. The van der Waals surface area contributed by atoms with Crippen LogP contribution in [0, 0.1) is 0 Å². The Hall–Kier alpha value is -1.36. The van der Waals surface area contributed by atoms with E-state index in [0.29, 0.717) is 23.4 Å². The number of anilines is 1. The second kappa shape index (κ2) is 7.43. The molecule has 2 rings (SSSR count). The third kappa shape index (κ3) is 4.63. The highest BCUT2D eigenvalue weighted by atomic mass is 35.5. The summed E-state index contributed by atoms with van der Waals surface area (Å²) >= 11 is 11.8. The van der Waals surface area contributed by atoms with Gasteiger partial charge in [0.1, 0.15) is 17.6 Å². The largest absolute Gasteiger partial charge is 0.377 e. The Morgan fingerprint density at radius 3 is 2.60 bits per heavy atom. The maximum absolute atomic E-state index is 5.94. The summed E-state index contributed by atoms with van der Waals surface area (Å²) in [5.41, 5.74) is 1.21. The van der Waals surface area contributed by atoms with E-state index in [1.165, 1.54) is 5.56 Å². The van der Waals surface area contributed by atoms with Gasteiger partial charge < -0.3 is 10.1 Å². The van der Waals surface area contributed by atoms with Crippen LogP contribution in [-0.4, -0.2) is 23.6 Å². The van der Waals surface area contributed by atoms with Crippen molar-refractivity contribution in [2.45, 2.75) is 13.0 Å². The van der Waals surface area contributed by atoms with Crippen LogP contribution >= 0.6 is 23.2 Å². The van der Waals surface area contributed by atoms with Crippen molar-refractivity contribution in [1.82, 2.24) is 9.97 Å². The Bertz CT molecular complexity index is 561. The smallest absolute Gasteiger partial charge is 0.158 e. The van der Waals surface area contributed by atoms with Gasteiger partial charge in [-0.15, -0.1) is 0 Å². The number of rotatable bonds is 6. The van der Waals surface area contributed by atoms with Crippen LogP contribution in [0.5, 0.6) is 0 Å². The van der Waals surface area contributed by atoms with E-state index in [1.54, 1.807) is 13.2 Å². The van der Waals surface area contributed by atoms with Crippen molar-refractivity contribution in [3.05, 3.63) is 51.9 Å². The SMILES string of the molecule is COCc1nc(Cl)cc(NCCc2ccc(Cl)cc2)n1. The average Bonchev–Trinajstić information content (AvgIpc) is 2.41. The van der Waals surface area contributed by atoms with Gasteiger partial charge in [0.15, 0.2) is 5.82 Å². The fourth-order valence-electron chi connectivity index (χ4n) is 1.73. The van der Waals surface area contributed by atoms with Gasteiger partial charge in [-0.05, 0) is 24.1 Å². The molecule has 0 saturated heterocycles. The number of nitrogens with zero attached hydrogens (tertiary/aromatic N) is 2. The molecule has 1 aromatic heterocycles. The van der Waals surface area contributed by atoms with Crippen LogP contribution in [0.2, 0.25) is 10.2 Å². The summed E-state index contributed by atoms with van der Waals surface area (Å²) in [6, 6.07) is 9.48. The fraction of sp³-hybridized carbons (Fsp3) is 0.286. The van der Waals surface area contributed by atoms with Crippen LogP contribution in [0.4, 0.5) is 5.82 Å². The summed E-state index contributed by atoms with van der Waals surface area (Å²) in [5.74, 6) is 1.26. The quantitative estimate of drug-likeness (QED) is 0.828. The van der Waals surface area contributed by atoms with Crippen LogP contribution in [0.15, 0.2) is 30.3 Å². The average molecular weight is 312 g/mol. The molecule has 106 valence electrons. The minimum absolute atomic E-state index is 0.340. The maximum atomic E-state index is 5.94. The van der Waals surface area contributed by atoms with Gasteiger partial charge >= 0.3 is 0 Å². The molecule has 1 heterocycles. The lowest BCUT2D eigenvalue weighted by atomic mass is 10.1. The third-order valence-electron chi connectivity index (χ3n) is 2.65. The van der Waals surface area contributed by atoms with Gasteiger partial charge in [0.2, 0.25) is 0 Å². The molecule has 20 heavy (non-hydrogen) atoms. The molecule has 0 radical (unpaired) electrons. The number of halogens is 2. The molecule has 0 saturated carbocycles. The number of benzene rings is 1. The topological polar surface area (TPSA) is 47.0 Å². The first-order valence-electron chi connectivity index (χ1n) is 6.18. The number of aromatic nitrogens is 2. The Kier molecular flexibility index (Phi) is 5.59. The van der Waals surface area contributed by atoms with Crippen molar-refractivity contribution >= 4 is 29.0 Å². The first-order valence-corrected chi connectivity index (χ1v) is 6.93. The van der Waals surface area contributed by atoms with E-state index < -0.39 is 0 Å². The van der Waals surface area contributed by atoms with Gasteiger partial charge in [-0.25, -0.2) is 9.97 Å². The van der Waals surface area contributed by atoms with Crippen molar-refractivity contribution < 1.29 is 4.74 Å². The summed E-state index contributed by atoms with van der Waals surface area (Å²) in [6.07, 6.45) is 0.873. The molecule has 0 aliphatic rings. The highest BCUT2D eigenvalue weighted by Crippen LogP contribution is 2.13. The van der Waals surface area contributed by atoms with Gasteiger partial charge in [-0.1, -0.05) is 35.3 Å². The lowest BCUT2D eigenvalue weighted by molar-refractivity contribution is 0.178. The van der Waals surface area contributed by atoms with Crippen LogP contribution in [0.3, 0.4) is 0 Å². The van der Waals surface area contributed by atoms with Crippen molar-refractivity contribution in [3.8, 4) is 0 Å². The Morgan fingerprint density at radius 2 is 1.90 bits per heavy atom. The first-order chi connectivity index (χ1) is 9.67. The molecule has 0 unspecified atom stereocenters. The normalized spacial score (nSPS) is 10.6. The lowest BCUT2D eigenvalue weighted by Crippen LogP contribution is -2.08. The molecule has 0 bridgehead atoms. The van der Waals surface area contributed by atoms with Gasteiger partial charge in [0.05, 0.1) is 0 Å². The number of methoxy groups -OCH3 is 1. The zero-order valence-electron chi connectivity index (χ0n) is 11.1. The van der Waals surface area contributed by atoms with E-state index >= 15 is 0 Å². The second-order valence-electron chi connectivity index (χ2n) is 4.23. The minimum atomic E-state index is 0.340. The Balaban J connectivity index is 1.91. The first kappa shape index (κ1) is 15.0. The van der Waals surface area contributed by atoms with Crippen LogP contribution < -0.4 is 5.32 Å². The molecule has 4 nitrogen and oxygen atoms in total.